The van der Waals surface area contributed by atoms with Gasteiger partial charge < -0.3 is 15.2 Å². The summed E-state index contributed by atoms with van der Waals surface area (Å²) in [6.45, 7) is 4.40. The summed E-state index contributed by atoms with van der Waals surface area (Å²) in [4.78, 5) is 24.7. The predicted molar refractivity (Wildman–Crippen MR) is 112 cm³/mol. The Morgan fingerprint density at radius 1 is 1.30 bits per heavy atom. The highest BCUT2D eigenvalue weighted by Gasteiger charge is 2.34. The molecular weight excluding hydrogens is 448 g/mol. The lowest BCUT2D eigenvalue weighted by molar-refractivity contribution is -0.275. The number of carbonyl (C=O) groups excluding carboxylic acids is 1. The molecule has 1 aromatic heterocycles. The van der Waals surface area contributed by atoms with Gasteiger partial charge in [0.1, 0.15) is 12.0 Å². The Morgan fingerprint density at radius 2 is 2.00 bits per heavy atom. The van der Waals surface area contributed by atoms with Gasteiger partial charge in [-0.15, -0.1) is 13.2 Å². The van der Waals surface area contributed by atoms with Crippen LogP contribution in [0.1, 0.15) is 42.9 Å². The molecule has 0 aliphatic heterocycles. The molecule has 0 aliphatic carbocycles. The molecule has 178 valence electrons. The van der Waals surface area contributed by atoms with Gasteiger partial charge in [-0.2, -0.15) is 5.10 Å². The Balaban J connectivity index is 2.27. The Labute approximate surface area is 186 Å². The van der Waals surface area contributed by atoms with E-state index in [1.165, 1.54) is 31.4 Å². The molecule has 2 N–H and O–H groups in total. The average molecular weight is 470 g/mol. The molecule has 0 saturated carbocycles. The minimum absolute atomic E-state index is 0.00376. The van der Waals surface area contributed by atoms with Gasteiger partial charge in [0.05, 0.1) is 24.0 Å². The second-order valence-electron chi connectivity index (χ2n) is 7.25. The van der Waals surface area contributed by atoms with Crippen LogP contribution in [0.2, 0.25) is 0 Å². The number of nitrogens with one attached hydrogen (secondary N) is 1. The average Bonchev–Trinajstić information content (AvgIpc) is 2.70. The fraction of sp³-hybridized carbons (Fsp3) is 0.350. The summed E-state index contributed by atoms with van der Waals surface area (Å²) < 4.78 is 54.9. The highest BCUT2D eigenvalue weighted by Crippen LogP contribution is 2.31. The first-order valence-corrected chi connectivity index (χ1v) is 9.46. The summed E-state index contributed by atoms with van der Waals surface area (Å²) in [6, 6.07) is 1.38. The molecule has 1 amide bonds. The number of hydrogen-bond donors (Lipinski definition) is 2. The van der Waals surface area contributed by atoms with Crippen molar-refractivity contribution in [2.45, 2.75) is 38.8 Å². The zero-order valence-corrected chi connectivity index (χ0v) is 18.1. The number of halogens is 4. The van der Waals surface area contributed by atoms with E-state index >= 15 is 0 Å². The normalized spacial score (nSPS) is 13.4. The van der Waals surface area contributed by atoms with Crippen molar-refractivity contribution in [1.82, 2.24) is 20.3 Å². The van der Waals surface area contributed by atoms with E-state index in [9.17, 15) is 27.5 Å². The number of aliphatic hydroxyl groups is 1. The van der Waals surface area contributed by atoms with Crippen LogP contribution in [0.3, 0.4) is 0 Å². The Kier molecular flexibility index (Phi) is 8.03. The zero-order valence-electron chi connectivity index (χ0n) is 18.1. The molecule has 1 heterocycles. The number of ether oxygens (including phenoxy) is 1. The van der Waals surface area contributed by atoms with Crippen molar-refractivity contribution in [3.8, 4) is 5.75 Å². The lowest BCUT2D eigenvalue weighted by atomic mass is 9.91. The van der Waals surface area contributed by atoms with Crippen LogP contribution in [0.4, 0.5) is 23.4 Å². The minimum atomic E-state index is -5.07. The smallest absolute Gasteiger partial charge is 0.403 e. The number of rotatable bonds is 8. The van der Waals surface area contributed by atoms with Crippen molar-refractivity contribution in [3.05, 3.63) is 47.7 Å². The molecule has 1 atom stereocenters. The first-order valence-electron chi connectivity index (χ1n) is 9.46. The van der Waals surface area contributed by atoms with Gasteiger partial charge >= 0.3 is 6.36 Å². The highest BCUT2D eigenvalue weighted by atomic mass is 19.4. The van der Waals surface area contributed by atoms with E-state index in [1.807, 2.05) is 0 Å². The van der Waals surface area contributed by atoms with E-state index in [1.54, 1.807) is 20.2 Å². The van der Waals surface area contributed by atoms with E-state index in [2.05, 4.69) is 30.1 Å². The third-order valence-electron chi connectivity index (χ3n) is 4.01. The minimum Gasteiger partial charge on any atom is -0.403 e. The molecule has 0 spiro atoms. The second kappa shape index (κ2) is 10.3. The Morgan fingerprint density at radius 3 is 2.58 bits per heavy atom. The third-order valence-corrected chi connectivity index (χ3v) is 4.01. The van der Waals surface area contributed by atoms with Crippen LogP contribution in [-0.2, 0) is 0 Å². The largest absolute Gasteiger partial charge is 0.573 e. The van der Waals surface area contributed by atoms with Crippen LogP contribution in [0, 0.1) is 5.82 Å². The van der Waals surface area contributed by atoms with E-state index in [-0.39, 0.29) is 17.1 Å². The highest BCUT2D eigenvalue weighted by molar-refractivity contribution is 5.92. The molecule has 2 aromatic rings. The first kappa shape index (κ1) is 25.6. The summed E-state index contributed by atoms with van der Waals surface area (Å²) in [6.07, 6.45) is 0.279. The third kappa shape index (κ3) is 7.79. The van der Waals surface area contributed by atoms with Crippen LogP contribution in [0.25, 0.3) is 0 Å². The summed E-state index contributed by atoms with van der Waals surface area (Å²) in [5, 5.41) is 18.3. The van der Waals surface area contributed by atoms with Gasteiger partial charge in [0.25, 0.3) is 5.91 Å². The maximum absolute atomic E-state index is 14.2. The molecular formula is C20H22F4N6O3. The molecule has 0 bridgehead atoms. The monoisotopic (exact) mass is 470 g/mol. The topological polar surface area (TPSA) is 112 Å². The van der Waals surface area contributed by atoms with Gasteiger partial charge in [-0.05, 0) is 38.5 Å². The molecule has 0 radical (unpaired) electrons. The van der Waals surface area contributed by atoms with Crippen LogP contribution >= 0.6 is 0 Å². The molecule has 0 fully saturated rings. The van der Waals surface area contributed by atoms with Crippen LogP contribution in [0.5, 0.6) is 5.75 Å². The van der Waals surface area contributed by atoms with E-state index in [0.29, 0.717) is 0 Å². The number of alkyl halides is 3. The van der Waals surface area contributed by atoms with E-state index in [0.717, 1.165) is 24.4 Å². The lowest BCUT2D eigenvalue weighted by Gasteiger charge is -2.30. The number of aromatic nitrogens is 2. The molecule has 13 heteroatoms. The summed E-state index contributed by atoms with van der Waals surface area (Å²) >= 11 is 0. The number of nitrogens with zero attached hydrogens (tertiary/aromatic N) is 5. The number of aliphatic imine (C=N–C) groups is 1. The maximum atomic E-state index is 14.2. The number of carbonyl (C=O) groups is 1. The maximum Gasteiger partial charge on any atom is 0.573 e. The molecule has 2 rings (SSSR count). The molecule has 1 aromatic carbocycles. The first-order chi connectivity index (χ1) is 15.3. The SMILES string of the molecule is C/C=N\N(C)C=Nc1cncc(C(=O)NC(c2ccc(OC(F)(F)F)c(F)c2)C(C)(C)O)n1. The summed E-state index contributed by atoms with van der Waals surface area (Å²) in [5.74, 6) is -3.04. The Bertz CT molecular complexity index is 1040. The van der Waals surface area contributed by atoms with Crippen LogP contribution in [0.15, 0.2) is 40.7 Å². The fourth-order valence-electron chi connectivity index (χ4n) is 2.66. The van der Waals surface area contributed by atoms with E-state index in [4.69, 9.17) is 0 Å². The zero-order chi connectivity index (χ0) is 24.8. The van der Waals surface area contributed by atoms with Crippen LogP contribution in [-0.4, -0.2) is 57.6 Å². The second-order valence-corrected chi connectivity index (χ2v) is 7.25. The van der Waals surface area contributed by atoms with Gasteiger partial charge in [0.15, 0.2) is 17.4 Å². The van der Waals surface area contributed by atoms with Crippen molar-refractivity contribution < 1.29 is 32.2 Å². The predicted octanol–water partition coefficient (Wildman–Crippen LogP) is 3.35. The molecule has 0 aliphatic rings. The van der Waals surface area contributed by atoms with Crippen LogP contribution < -0.4 is 10.1 Å². The van der Waals surface area contributed by atoms with Crippen molar-refractivity contribution in [1.29, 1.82) is 0 Å². The van der Waals surface area contributed by atoms with Crippen molar-refractivity contribution in [2.75, 3.05) is 7.05 Å². The van der Waals surface area contributed by atoms with Crippen molar-refractivity contribution >= 4 is 24.3 Å². The van der Waals surface area contributed by atoms with Gasteiger partial charge in [-0.1, -0.05) is 6.07 Å². The standard InChI is InChI=1S/C20H22F4N6O3/c1-5-27-30(4)11-26-16-10-25-9-14(28-16)18(31)29-17(19(2,3)32)12-6-7-15(13(21)8-12)33-20(22,23)24/h5-11,17,32H,1-4H3,(H,29,31)/b26-11?,27-5-. The number of hydrogen-bond acceptors (Lipinski definition) is 7. The summed E-state index contributed by atoms with van der Waals surface area (Å²) in [7, 11) is 1.63. The number of benzene rings is 1. The van der Waals surface area contributed by atoms with Gasteiger partial charge in [-0.3, -0.25) is 14.8 Å². The Hall–Kier alpha value is -3.61. The fourth-order valence-corrected chi connectivity index (χ4v) is 2.66. The number of amides is 1. The van der Waals surface area contributed by atoms with Gasteiger partial charge in [0, 0.05) is 13.3 Å². The summed E-state index contributed by atoms with van der Waals surface area (Å²) in [5.41, 5.74) is -1.78. The van der Waals surface area contributed by atoms with Gasteiger partial charge in [-0.25, -0.2) is 14.4 Å². The molecule has 0 saturated heterocycles. The molecule has 1 unspecified atom stereocenters. The molecule has 33 heavy (non-hydrogen) atoms. The lowest BCUT2D eigenvalue weighted by Crippen LogP contribution is -2.42. The van der Waals surface area contributed by atoms with Crippen molar-refractivity contribution in [2.24, 2.45) is 10.1 Å². The van der Waals surface area contributed by atoms with Crippen molar-refractivity contribution in [3.63, 3.8) is 0 Å². The van der Waals surface area contributed by atoms with Gasteiger partial charge in [0.2, 0.25) is 0 Å². The molecule has 9 nitrogen and oxygen atoms in total. The van der Waals surface area contributed by atoms with E-state index < -0.39 is 35.5 Å². The quantitative estimate of drug-likeness (QED) is 0.265. The number of hydrazone groups is 1.